The molecule has 9 aliphatic rings. The smallest absolute Gasteiger partial charge is 0.187 e. The highest BCUT2D eigenvalue weighted by atomic mass is 16.8. The number of allylic oxidation sites excluding steroid dienone is 1. The van der Waals surface area contributed by atoms with Gasteiger partial charge in [-0.3, -0.25) is 0 Å². The second-order valence-corrected chi connectivity index (χ2v) is 21.1. The fourth-order valence-electron chi connectivity index (χ4n) is 14.0. The Hall–Kier alpha value is -0.900. The van der Waals surface area contributed by atoms with Gasteiger partial charge in [-0.05, 0) is 106 Å². The molecule has 0 bridgehead atoms. The van der Waals surface area contributed by atoms with Crippen LogP contribution in [0.25, 0.3) is 0 Å². The fourth-order valence-corrected chi connectivity index (χ4v) is 14.0. The molecule has 61 heavy (non-hydrogen) atoms. The van der Waals surface area contributed by atoms with Crippen LogP contribution in [0.4, 0.5) is 0 Å². The van der Waals surface area contributed by atoms with Crippen LogP contribution in [0.1, 0.15) is 99.3 Å². The summed E-state index contributed by atoms with van der Waals surface area (Å²) in [6.07, 6.45) is -10.4. The molecule has 0 unspecified atom stereocenters. The lowest BCUT2D eigenvalue weighted by Gasteiger charge is -2.58. The van der Waals surface area contributed by atoms with Crippen molar-refractivity contribution in [1.29, 1.82) is 0 Å². The Morgan fingerprint density at radius 1 is 0.689 bits per heavy atom. The Morgan fingerprint density at radius 2 is 1.34 bits per heavy atom. The van der Waals surface area contributed by atoms with Crippen LogP contribution in [0.5, 0.6) is 0 Å². The molecule has 3 saturated carbocycles. The highest BCUT2D eigenvalue weighted by molar-refractivity contribution is 5.26. The number of aliphatic hydroxyl groups excluding tert-OH is 8. The average molecular weight is 869 g/mol. The molecule has 348 valence electrons. The molecule has 9 rings (SSSR count). The number of hydrogen-bond acceptors (Lipinski definition) is 16. The predicted octanol–water partition coefficient (Wildman–Crippen LogP) is 1.24. The van der Waals surface area contributed by atoms with Crippen molar-refractivity contribution in [3.8, 4) is 0 Å². The van der Waals surface area contributed by atoms with Gasteiger partial charge in [0.2, 0.25) is 0 Å². The lowest BCUT2D eigenvalue weighted by Crippen LogP contribution is -2.66. The Labute approximate surface area is 358 Å². The minimum absolute atomic E-state index is 0.0171. The molecule has 26 atom stereocenters. The molecule has 5 saturated heterocycles. The molecule has 16 nitrogen and oxygen atoms in total. The zero-order chi connectivity index (χ0) is 43.5. The third kappa shape index (κ3) is 7.42. The van der Waals surface area contributed by atoms with Crippen LogP contribution in [0, 0.1) is 46.3 Å². The van der Waals surface area contributed by atoms with E-state index in [2.05, 4.69) is 33.8 Å². The van der Waals surface area contributed by atoms with Gasteiger partial charge < -0.3 is 78.7 Å². The molecule has 0 aromatic rings. The quantitative estimate of drug-likeness (QED) is 0.168. The van der Waals surface area contributed by atoms with Crippen LogP contribution >= 0.6 is 0 Å². The second kappa shape index (κ2) is 16.8. The van der Waals surface area contributed by atoms with Gasteiger partial charge in [-0.25, -0.2) is 0 Å². The monoisotopic (exact) mass is 868 g/mol. The zero-order valence-electron chi connectivity index (χ0n) is 36.5. The number of fused-ring (bicyclic) bond motifs is 7. The third-order valence-electron chi connectivity index (χ3n) is 17.6. The van der Waals surface area contributed by atoms with Crippen molar-refractivity contribution < 1.29 is 78.7 Å². The first-order valence-electron chi connectivity index (χ1n) is 23.2. The molecular formula is C45H72O16. The van der Waals surface area contributed by atoms with E-state index in [1.807, 2.05) is 0 Å². The van der Waals surface area contributed by atoms with Gasteiger partial charge in [0.1, 0.15) is 61.0 Å². The van der Waals surface area contributed by atoms with Crippen LogP contribution < -0.4 is 0 Å². The van der Waals surface area contributed by atoms with Crippen LogP contribution in [0.3, 0.4) is 0 Å². The van der Waals surface area contributed by atoms with E-state index in [0.717, 1.165) is 45.1 Å². The average Bonchev–Trinajstić information content (AvgIpc) is 3.69. The molecule has 8 N–H and O–H groups in total. The number of aliphatic hydroxyl groups is 8. The molecule has 0 aromatic carbocycles. The van der Waals surface area contributed by atoms with E-state index >= 15 is 0 Å². The van der Waals surface area contributed by atoms with E-state index in [1.54, 1.807) is 0 Å². The maximum Gasteiger partial charge on any atom is 0.187 e. The zero-order valence-corrected chi connectivity index (χ0v) is 36.5. The normalized spacial score (nSPS) is 58.4. The summed E-state index contributed by atoms with van der Waals surface area (Å²) in [5.41, 5.74) is 1.53. The first-order valence-corrected chi connectivity index (χ1v) is 23.2. The third-order valence-corrected chi connectivity index (χ3v) is 17.6. The lowest BCUT2D eigenvalue weighted by atomic mass is 9.47. The van der Waals surface area contributed by atoms with E-state index in [9.17, 15) is 40.9 Å². The molecule has 0 radical (unpaired) electrons. The largest absolute Gasteiger partial charge is 0.394 e. The van der Waals surface area contributed by atoms with E-state index in [-0.39, 0.29) is 23.0 Å². The number of rotatable bonds is 7. The van der Waals surface area contributed by atoms with E-state index < -0.39 is 105 Å². The Kier molecular flexibility index (Phi) is 12.4. The van der Waals surface area contributed by atoms with Crippen molar-refractivity contribution in [2.75, 3.05) is 13.2 Å². The first kappa shape index (κ1) is 45.3. The molecule has 1 spiro atoms. The van der Waals surface area contributed by atoms with Crippen LogP contribution in [0.15, 0.2) is 11.6 Å². The summed E-state index contributed by atoms with van der Waals surface area (Å²) < 4.78 is 50.1. The lowest BCUT2D eigenvalue weighted by molar-refractivity contribution is -0.388. The maximum atomic E-state index is 12.0. The second-order valence-electron chi connectivity index (χ2n) is 21.1. The van der Waals surface area contributed by atoms with Gasteiger partial charge >= 0.3 is 0 Å². The molecule has 16 heteroatoms. The van der Waals surface area contributed by atoms with Crippen molar-refractivity contribution in [2.24, 2.45) is 46.3 Å². The molecule has 5 aliphatic heterocycles. The Morgan fingerprint density at radius 3 is 1.97 bits per heavy atom. The Balaban J connectivity index is 0.916. The summed E-state index contributed by atoms with van der Waals surface area (Å²) in [5.74, 6) is 2.64. The number of ether oxygens (including phenoxy) is 8. The summed E-state index contributed by atoms with van der Waals surface area (Å²) in [7, 11) is 0. The van der Waals surface area contributed by atoms with Crippen molar-refractivity contribution in [2.45, 2.75) is 209 Å². The van der Waals surface area contributed by atoms with E-state index in [4.69, 9.17) is 37.9 Å². The van der Waals surface area contributed by atoms with Crippen LogP contribution in [-0.2, 0) is 37.9 Å². The Bertz CT molecular complexity index is 1590. The molecule has 5 heterocycles. The highest BCUT2D eigenvalue weighted by Gasteiger charge is 2.69. The standard InChI is InChI=1S/C45H72O16/c1-19-9-14-45(54-18-19)20(2)30-28(61-45)16-27-25-8-7-23-15-24(10-12-43(23,5)26(25)11-13-44(27,30)6)57-42-39(60-41-36(52)34(50)32(48)22(4)56-41)37(53)38(29(17-46)58-42)59-40-35(51)33(49)31(47)21(3)55-40/h7,19-22,24-42,46-53H,8-18H2,1-6H3/t19-,20-,21-,22-,24-,25+,26-,27+,28-,29+,30-,31-,32-,33+,34+,35+,36+,37-,38+,39+,40-,41-,42+,43-,44-,45+/m0/s1. The highest BCUT2D eigenvalue weighted by Crippen LogP contribution is 2.70. The summed E-state index contributed by atoms with van der Waals surface area (Å²) in [4.78, 5) is 0. The molecule has 4 aliphatic carbocycles. The van der Waals surface area contributed by atoms with Gasteiger partial charge in [0.05, 0.1) is 37.6 Å². The molecule has 8 fully saturated rings. The van der Waals surface area contributed by atoms with Gasteiger partial charge in [-0.2, -0.15) is 0 Å². The summed E-state index contributed by atoms with van der Waals surface area (Å²) in [6, 6.07) is 0. The van der Waals surface area contributed by atoms with Gasteiger partial charge in [0.15, 0.2) is 24.7 Å². The van der Waals surface area contributed by atoms with Gasteiger partial charge in [0.25, 0.3) is 0 Å². The van der Waals surface area contributed by atoms with Crippen molar-refractivity contribution in [3.05, 3.63) is 11.6 Å². The van der Waals surface area contributed by atoms with Crippen molar-refractivity contribution >= 4 is 0 Å². The van der Waals surface area contributed by atoms with E-state index in [0.29, 0.717) is 48.3 Å². The van der Waals surface area contributed by atoms with Crippen LogP contribution in [0.2, 0.25) is 0 Å². The topological polar surface area (TPSA) is 236 Å². The van der Waals surface area contributed by atoms with Crippen molar-refractivity contribution in [3.63, 3.8) is 0 Å². The summed E-state index contributed by atoms with van der Waals surface area (Å²) >= 11 is 0. The SMILES string of the molecule is C[C@H]1CC[C@@]2(OC1)O[C@H]1C[C@@H]3[C@@H]4CC=C5C[C@@H](O[C@@H]6O[C@H](CO)[C@@H](O[C@@H]7O[C@@H](C)[C@H](O)[C@@H](O)[C@H]7O)[C@H](O)[C@H]6O[C@@H]6O[C@@H](C)[C@H](O)[C@@H](O)[C@H]6O)CC[C@]5(C)[C@H]4CC[C@]3(C)[C@H]1[C@@H]2C. The fraction of sp³-hybridized carbons (Fsp3) is 0.956. The number of hydrogen-bond donors (Lipinski definition) is 8. The molecular weight excluding hydrogens is 796 g/mol. The van der Waals surface area contributed by atoms with Gasteiger partial charge in [-0.15, -0.1) is 0 Å². The van der Waals surface area contributed by atoms with Gasteiger partial charge in [0, 0.05) is 12.3 Å². The maximum absolute atomic E-state index is 12.0. The first-order chi connectivity index (χ1) is 28.9. The van der Waals surface area contributed by atoms with E-state index in [1.165, 1.54) is 25.8 Å². The minimum atomic E-state index is -1.71. The summed E-state index contributed by atoms with van der Waals surface area (Å²) in [5, 5.41) is 85.9. The van der Waals surface area contributed by atoms with Crippen LogP contribution in [-0.4, -0.2) is 164 Å². The minimum Gasteiger partial charge on any atom is -0.394 e. The summed E-state index contributed by atoms with van der Waals surface area (Å²) in [6.45, 7) is 12.7. The van der Waals surface area contributed by atoms with Gasteiger partial charge in [-0.1, -0.05) is 39.3 Å². The molecule has 0 aromatic heterocycles. The van der Waals surface area contributed by atoms with Crippen molar-refractivity contribution in [1.82, 2.24) is 0 Å². The predicted molar refractivity (Wildman–Crippen MR) is 213 cm³/mol. The molecule has 0 amide bonds.